The van der Waals surface area contributed by atoms with E-state index >= 15 is 0 Å². The van der Waals surface area contributed by atoms with Crippen LogP contribution in [-0.2, 0) is 11.3 Å². The maximum atomic E-state index is 10.6. The Hall–Kier alpha value is -1.55. The lowest BCUT2D eigenvalue weighted by atomic mass is 10.1. The highest BCUT2D eigenvalue weighted by Crippen LogP contribution is 2.22. The molecular formula is C9H10O4. The SMILES string of the molecule is COCc1cccc(C(=O)O)c1O. The van der Waals surface area contributed by atoms with E-state index in [0.29, 0.717) is 5.56 Å². The highest BCUT2D eigenvalue weighted by Gasteiger charge is 2.11. The van der Waals surface area contributed by atoms with Gasteiger partial charge in [0.05, 0.1) is 6.61 Å². The number of para-hydroxylation sites is 1. The molecule has 0 aliphatic rings. The van der Waals surface area contributed by atoms with Crippen LogP contribution in [0.1, 0.15) is 15.9 Å². The molecule has 1 rings (SSSR count). The maximum Gasteiger partial charge on any atom is 0.339 e. The summed E-state index contributed by atoms with van der Waals surface area (Å²) in [6.07, 6.45) is 0. The van der Waals surface area contributed by atoms with Crippen LogP contribution in [0.2, 0.25) is 0 Å². The van der Waals surface area contributed by atoms with Crippen molar-refractivity contribution in [1.29, 1.82) is 0 Å². The summed E-state index contributed by atoms with van der Waals surface area (Å²) in [6.45, 7) is 0.201. The van der Waals surface area contributed by atoms with Crippen LogP contribution in [-0.4, -0.2) is 23.3 Å². The molecule has 0 aliphatic carbocycles. The third-order valence-electron chi connectivity index (χ3n) is 1.65. The van der Waals surface area contributed by atoms with Gasteiger partial charge < -0.3 is 14.9 Å². The van der Waals surface area contributed by atoms with Crippen molar-refractivity contribution in [3.63, 3.8) is 0 Å². The van der Waals surface area contributed by atoms with Crippen molar-refractivity contribution in [2.45, 2.75) is 6.61 Å². The van der Waals surface area contributed by atoms with Gasteiger partial charge in [-0.2, -0.15) is 0 Å². The number of hydrogen-bond donors (Lipinski definition) is 2. The van der Waals surface area contributed by atoms with E-state index in [0.717, 1.165) is 0 Å². The minimum atomic E-state index is -1.14. The molecule has 70 valence electrons. The van der Waals surface area contributed by atoms with Crippen molar-refractivity contribution in [3.05, 3.63) is 29.3 Å². The van der Waals surface area contributed by atoms with E-state index in [1.807, 2.05) is 0 Å². The van der Waals surface area contributed by atoms with Gasteiger partial charge in [-0.1, -0.05) is 12.1 Å². The predicted molar refractivity (Wildman–Crippen MR) is 45.8 cm³/mol. The molecule has 0 atom stereocenters. The lowest BCUT2D eigenvalue weighted by molar-refractivity contribution is 0.0693. The lowest BCUT2D eigenvalue weighted by Crippen LogP contribution is -1.99. The Bertz CT molecular complexity index is 319. The number of aromatic carboxylic acids is 1. The fourth-order valence-electron chi connectivity index (χ4n) is 1.04. The Morgan fingerprint density at radius 3 is 2.77 bits per heavy atom. The van der Waals surface area contributed by atoms with Gasteiger partial charge in [0.15, 0.2) is 0 Å². The lowest BCUT2D eigenvalue weighted by Gasteiger charge is -2.05. The molecule has 0 saturated heterocycles. The Labute approximate surface area is 75.4 Å². The largest absolute Gasteiger partial charge is 0.507 e. The minimum absolute atomic E-state index is 0.102. The molecule has 4 nitrogen and oxygen atoms in total. The highest BCUT2D eigenvalue weighted by atomic mass is 16.5. The number of carbonyl (C=O) groups is 1. The van der Waals surface area contributed by atoms with Crippen molar-refractivity contribution < 1.29 is 19.7 Å². The molecule has 2 N–H and O–H groups in total. The third-order valence-corrected chi connectivity index (χ3v) is 1.65. The number of rotatable bonds is 3. The summed E-state index contributed by atoms with van der Waals surface area (Å²) in [5.41, 5.74) is 0.372. The molecule has 4 heteroatoms. The molecular weight excluding hydrogens is 172 g/mol. The molecule has 0 radical (unpaired) electrons. The van der Waals surface area contributed by atoms with Gasteiger partial charge in [0, 0.05) is 12.7 Å². The van der Waals surface area contributed by atoms with Gasteiger partial charge in [-0.05, 0) is 6.07 Å². The van der Waals surface area contributed by atoms with E-state index in [-0.39, 0.29) is 17.9 Å². The molecule has 0 bridgehead atoms. The van der Waals surface area contributed by atoms with E-state index < -0.39 is 5.97 Å². The van der Waals surface area contributed by atoms with Gasteiger partial charge in [0.2, 0.25) is 0 Å². The first-order chi connectivity index (χ1) is 6.16. The van der Waals surface area contributed by atoms with Crippen molar-refractivity contribution >= 4 is 5.97 Å². The van der Waals surface area contributed by atoms with Gasteiger partial charge in [0.1, 0.15) is 11.3 Å². The zero-order valence-corrected chi connectivity index (χ0v) is 7.15. The summed E-state index contributed by atoms with van der Waals surface area (Å²) in [6, 6.07) is 4.53. The Morgan fingerprint density at radius 1 is 1.54 bits per heavy atom. The average molecular weight is 182 g/mol. The Kier molecular flexibility index (Phi) is 2.87. The van der Waals surface area contributed by atoms with Crippen LogP contribution >= 0.6 is 0 Å². The highest BCUT2D eigenvalue weighted by molar-refractivity contribution is 5.91. The second-order valence-corrected chi connectivity index (χ2v) is 2.55. The van der Waals surface area contributed by atoms with Gasteiger partial charge >= 0.3 is 5.97 Å². The standard InChI is InChI=1S/C9H10O4/c1-13-5-6-3-2-4-7(8(6)10)9(11)12/h2-4,10H,5H2,1H3,(H,11,12). The molecule has 0 fully saturated rings. The smallest absolute Gasteiger partial charge is 0.339 e. The van der Waals surface area contributed by atoms with Crippen LogP contribution in [0.4, 0.5) is 0 Å². The molecule has 13 heavy (non-hydrogen) atoms. The van der Waals surface area contributed by atoms with E-state index in [2.05, 4.69) is 0 Å². The molecule has 0 heterocycles. The number of phenols is 1. The van der Waals surface area contributed by atoms with Crippen molar-refractivity contribution in [2.75, 3.05) is 7.11 Å². The van der Waals surface area contributed by atoms with E-state index in [4.69, 9.17) is 9.84 Å². The molecule has 0 spiro atoms. The van der Waals surface area contributed by atoms with Crippen molar-refractivity contribution in [1.82, 2.24) is 0 Å². The summed E-state index contributed by atoms with van der Waals surface area (Å²) in [7, 11) is 1.48. The van der Waals surface area contributed by atoms with Crippen LogP contribution < -0.4 is 0 Å². The first kappa shape index (κ1) is 9.54. The molecule has 0 saturated carbocycles. The minimum Gasteiger partial charge on any atom is -0.507 e. The van der Waals surface area contributed by atoms with Gasteiger partial charge in [-0.15, -0.1) is 0 Å². The Morgan fingerprint density at radius 2 is 2.23 bits per heavy atom. The zero-order valence-electron chi connectivity index (χ0n) is 7.15. The fourth-order valence-corrected chi connectivity index (χ4v) is 1.04. The predicted octanol–water partition coefficient (Wildman–Crippen LogP) is 1.24. The first-order valence-corrected chi connectivity index (χ1v) is 3.70. The Balaban J connectivity index is 3.10. The summed E-state index contributed by atoms with van der Waals surface area (Å²) in [5.74, 6) is -1.37. The van der Waals surface area contributed by atoms with E-state index in [1.165, 1.54) is 13.2 Å². The number of aromatic hydroxyl groups is 1. The normalized spacial score (nSPS) is 9.92. The molecule has 1 aromatic rings. The molecule has 0 aromatic heterocycles. The third kappa shape index (κ3) is 1.97. The quantitative estimate of drug-likeness (QED) is 0.737. The van der Waals surface area contributed by atoms with Crippen molar-refractivity contribution in [3.8, 4) is 5.75 Å². The van der Waals surface area contributed by atoms with Crippen LogP contribution in [0.15, 0.2) is 18.2 Å². The van der Waals surface area contributed by atoms with E-state index in [1.54, 1.807) is 12.1 Å². The number of benzene rings is 1. The number of carboxylic acids is 1. The summed E-state index contributed by atoms with van der Waals surface area (Å²) >= 11 is 0. The number of methoxy groups -OCH3 is 1. The summed E-state index contributed by atoms with van der Waals surface area (Å²) in [5, 5.41) is 18.1. The monoisotopic (exact) mass is 182 g/mol. The molecule has 0 aliphatic heterocycles. The van der Waals surface area contributed by atoms with Crippen LogP contribution in [0.5, 0.6) is 5.75 Å². The zero-order chi connectivity index (χ0) is 9.84. The van der Waals surface area contributed by atoms with E-state index in [9.17, 15) is 9.90 Å². The molecule has 1 aromatic carbocycles. The molecule has 0 unspecified atom stereocenters. The average Bonchev–Trinajstić information content (AvgIpc) is 2.08. The molecule has 0 amide bonds. The first-order valence-electron chi connectivity index (χ1n) is 3.70. The summed E-state index contributed by atoms with van der Waals surface area (Å²) < 4.78 is 4.79. The van der Waals surface area contributed by atoms with Crippen LogP contribution in [0, 0.1) is 0 Å². The van der Waals surface area contributed by atoms with Crippen LogP contribution in [0.25, 0.3) is 0 Å². The maximum absolute atomic E-state index is 10.6. The second kappa shape index (κ2) is 3.91. The number of hydrogen-bond acceptors (Lipinski definition) is 3. The van der Waals surface area contributed by atoms with Crippen LogP contribution in [0.3, 0.4) is 0 Å². The number of ether oxygens (including phenoxy) is 1. The van der Waals surface area contributed by atoms with Gasteiger partial charge in [-0.3, -0.25) is 0 Å². The van der Waals surface area contributed by atoms with Crippen molar-refractivity contribution in [2.24, 2.45) is 0 Å². The second-order valence-electron chi connectivity index (χ2n) is 2.55. The summed E-state index contributed by atoms with van der Waals surface area (Å²) in [4.78, 5) is 10.6. The topological polar surface area (TPSA) is 66.8 Å². The fraction of sp³-hybridized carbons (Fsp3) is 0.222. The van der Waals surface area contributed by atoms with Gasteiger partial charge in [0.25, 0.3) is 0 Å². The van der Waals surface area contributed by atoms with Gasteiger partial charge in [-0.25, -0.2) is 4.79 Å². The number of carboxylic acid groups (broad SMARTS) is 1.